The van der Waals surface area contributed by atoms with Gasteiger partial charge in [0.05, 0.1) is 4.90 Å². The largest absolute Gasteiger partial charge is 0.470 e. The zero-order valence-electron chi connectivity index (χ0n) is 7.67. The average molecular weight is 239 g/mol. The van der Waals surface area contributed by atoms with Gasteiger partial charge in [0.15, 0.2) is 0 Å². The van der Waals surface area contributed by atoms with Gasteiger partial charge in [-0.15, -0.1) is 4.72 Å². The first-order chi connectivity index (χ1) is 6.71. The zero-order valence-corrected chi connectivity index (χ0v) is 8.48. The third-order valence-electron chi connectivity index (χ3n) is 1.58. The van der Waals surface area contributed by atoms with Crippen molar-refractivity contribution in [1.29, 1.82) is 0 Å². The van der Waals surface area contributed by atoms with E-state index in [0.29, 0.717) is 4.72 Å². The minimum atomic E-state index is -4.95. The van der Waals surface area contributed by atoms with E-state index in [4.69, 9.17) is 0 Å². The van der Waals surface area contributed by atoms with Crippen molar-refractivity contribution in [3.63, 3.8) is 0 Å². The summed E-state index contributed by atoms with van der Waals surface area (Å²) in [5, 5.41) is 0. The van der Waals surface area contributed by atoms with Crippen molar-refractivity contribution in [1.82, 2.24) is 4.72 Å². The average Bonchev–Trinajstić information content (AvgIpc) is 2.00. The molecule has 1 aromatic rings. The normalized spacial score (nSPS) is 12.8. The molecule has 1 N–H and O–H groups in total. The Balaban J connectivity index is 3.02. The Hall–Kier alpha value is -1.08. The molecule has 1 aromatic carbocycles. The van der Waals surface area contributed by atoms with E-state index in [1.54, 1.807) is 6.92 Å². The van der Waals surface area contributed by atoms with Gasteiger partial charge in [0.2, 0.25) is 10.0 Å². The van der Waals surface area contributed by atoms with Crippen molar-refractivity contribution in [2.45, 2.75) is 18.1 Å². The number of benzene rings is 1. The van der Waals surface area contributed by atoms with Crippen LogP contribution in [0.5, 0.6) is 0 Å². The van der Waals surface area contributed by atoms with Gasteiger partial charge in [0, 0.05) is 0 Å². The molecule has 0 aliphatic heterocycles. The summed E-state index contributed by atoms with van der Waals surface area (Å²) in [6.45, 7) is 1.70. The van der Waals surface area contributed by atoms with Gasteiger partial charge in [-0.25, -0.2) is 8.42 Å². The van der Waals surface area contributed by atoms with E-state index in [9.17, 15) is 21.6 Å². The molecule has 0 aromatic heterocycles. The van der Waals surface area contributed by atoms with E-state index >= 15 is 0 Å². The predicted molar refractivity (Wildman–Crippen MR) is 47.6 cm³/mol. The number of rotatable bonds is 2. The lowest BCUT2D eigenvalue weighted by atomic mass is 10.2. The highest BCUT2D eigenvalue weighted by molar-refractivity contribution is 7.89. The fourth-order valence-electron chi connectivity index (χ4n) is 0.929. The van der Waals surface area contributed by atoms with E-state index in [1.165, 1.54) is 12.1 Å². The van der Waals surface area contributed by atoms with Crippen molar-refractivity contribution >= 4 is 10.0 Å². The third kappa shape index (κ3) is 3.52. The van der Waals surface area contributed by atoms with Gasteiger partial charge >= 0.3 is 6.30 Å². The van der Waals surface area contributed by atoms with Gasteiger partial charge in [0.25, 0.3) is 0 Å². The number of sulfonamides is 1. The lowest BCUT2D eigenvalue weighted by Crippen LogP contribution is -2.37. The molecular formula is C8H8F3NO2S. The molecule has 0 fully saturated rings. The Morgan fingerprint density at radius 2 is 1.60 bits per heavy atom. The minimum Gasteiger partial charge on any atom is -0.207 e. The maximum absolute atomic E-state index is 11.8. The maximum Gasteiger partial charge on any atom is 0.470 e. The highest BCUT2D eigenvalue weighted by Crippen LogP contribution is 2.17. The molecule has 0 saturated heterocycles. The molecule has 0 radical (unpaired) electrons. The van der Waals surface area contributed by atoms with Crippen molar-refractivity contribution in [3.05, 3.63) is 29.8 Å². The van der Waals surface area contributed by atoms with E-state index in [0.717, 1.165) is 17.7 Å². The number of hydrogen-bond acceptors (Lipinski definition) is 2. The Labute approximate surface area is 85.0 Å². The molecule has 0 spiro atoms. The SMILES string of the molecule is Cc1ccc(S(=O)(=O)NC(F)(F)F)cc1. The van der Waals surface area contributed by atoms with E-state index < -0.39 is 21.2 Å². The third-order valence-corrected chi connectivity index (χ3v) is 2.97. The van der Waals surface area contributed by atoms with Gasteiger partial charge in [-0.1, -0.05) is 17.7 Å². The van der Waals surface area contributed by atoms with Crippen LogP contribution in [-0.2, 0) is 10.0 Å². The van der Waals surface area contributed by atoms with Crippen LogP contribution in [-0.4, -0.2) is 14.7 Å². The first kappa shape index (κ1) is 12.0. The molecule has 0 unspecified atom stereocenters. The van der Waals surface area contributed by atoms with E-state index in [2.05, 4.69) is 0 Å². The summed E-state index contributed by atoms with van der Waals surface area (Å²) >= 11 is 0. The van der Waals surface area contributed by atoms with E-state index in [-0.39, 0.29) is 0 Å². The standard InChI is InChI=1S/C8H8F3NO2S/c1-6-2-4-7(5-3-6)15(13,14)12-8(9,10)11/h2-5,12H,1H3. The number of hydrogen-bond donors (Lipinski definition) is 1. The van der Waals surface area contributed by atoms with Crippen LogP contribution in [0.25, 0.3) is 0 Å². The summed E-state index contributed by atoms with van der Waals surface area (Å²) in [7, 11) is -4.51. The molecule has 15 heavy (non-hydrogen) atoms. The number of nitrogens with one attached hydrogen (secondary N) is 1. The fraction of sp³-hybridized carbons (Fsp3) is 0.250. The number of aryl methyl sites for hydroxylation is 1. The molecule has 0 amide bonds. The monoisotopic (exact) mass is 239 g/mol. The van der Waals surface area contributed by atoms with Gasteiger partial charge in [-0.2, -0.15) is 13.2 Å². The highest BCUT2D eigenvalue weighted by atomic mass is 32.2. The summed E-state index contributed by atoms with van der Waals surface area (Å²) in [5.74, 6) is 0. The van der Waals surface area contributed by atoms with Crippen molar-refractivity contribution in [2.75, 3.05) is 0 Å². The van der Waals surface area contributed by atoms with Crippen LogP contribution in [0.2, 0.25) is 0 Å². The van der Waals surface area contributed by atoms with Crippen molar-refractivity contribution in [3.8, 4) is 0 Å². The smallest absolute Gasteiger partial charge is 0.207 e. The Morgan fingerprint density at radius 3 is 2.00 bits per heavy atom. The molecule has 1 rings (SSSR count). The summed E-state index contributed by atoms with van der Waals surface area (Å²) in [5.41, 5.74) is 0.765. The molecule has 0 heterocycles. The predicted octanol–water partition coefficient (Wildman–Crippen LogP) is 1.79. The molecule has 0 aliphatic carbocycles. The fourth-order valence-corrected chi connectivity index (χ4v) is 1.85. The summed E-state index contributed by atoms with van der Waals surface area (Å²) in [6.07, 6.45) is -4.95. The van der Waals surface area contributed by atoms with Crippen LogP contribution >= 0.6 is 0 Å². The van der Waals surface area contributed by atoms with Gasteiger partial charge in [-0.05, 0) is 19.1 Å². The molecule has 0 saturated carbocycles. The second-order valence-corrected chi connectivity index (χ2v) is 4.60. The number of halogens is 3. The lowest BCUT2D eigenvalue weighted by Gasteiger charge is -2.09. The van der Waals surface area contributed by atoms with Crippen LogP contribution in [0.15, 0.2) is 29.2 Å². The summed E-state index contributed by atoms with van der Waals surface area (Å²) in [4.78, 5) is -0.412. The van der Waals surface area contributed by atoms with Crippen molar-refractivity contribution < 1.29 is 21.6 Å². The Kier molecular flexibility index (Phi) is 3.05. The molecule has 7 heteroatoms. The van der Waals surface area contributed by atoms with E-state index in [1.807, 2.05) is 0 Å². The van der Waals surface area contributed by atoms with Crippen LogP contribution in [0.1, 0.15) is 5.56 Å². The minimum absolute atomic E-state index is 0.412. The summed E-state index contributed by atoms with van der Waals surface area (Å²) < 4.78 is 58.3. The topological polar surface area (TPSA) is 46.2 Å². The highest BCUT2D eigenvalue weighted by Gasteiger charge is 2.34. The molecule has 84 valence electrons. The van der Waals surface area contributed by atoms with Gasteiger partial charge < -0.3 is 0 Å². The van der Waals surface area contributed by atoms with Gasteiger partial charge in [0.1, 0.15) is 0 Å². The van der Waals surface area contributed by atoms with Crippen LogP contribution in [0.4, 0.5) is 13.2 Å². The summed E-state index contributed by atoms with van der Waals surface area (Å²) in [6, 6.07) is 5.07. The molecule has 0 bridgehead atoms. The second kappa shape index (κ2) is 3.82. The first-order valence-corrected chi connectivity index (χ1v) is 5.36. The Bertz CT molecular complexity index is 436. The molecule has 3 nitrogen and oxygen atoms in total. The number of alkyl halides is 3. The molecule has 0 aliphatic rings. The maximum atomic E-state index is 11.8. The zero-order chi connectivity index (χ0) is 11.7. The quantitative estimate of drug-likeness (QED) is 0.800. The molecule has 0 atom stereocenters. The lowest BCUT2D eigenvalue weighted by molar-refractivity contribution is -0.138. The van der Waals surface area contributed by atoms with Crippen LogP contribution < -0.4 is 4.72 Å². The van der Waals surface area contributed by atoms with Crippen LogP contribution in [0, 0.1) is 6.92 Å². The molecular weight excluding hydrogens is 231 g/mol. The van der Waals surface area contributed by atoms with Gasteiger partial charge in [-0.3, -0.25) is 0 Å². The van der Waals surface area contributed by atoms with Crippen molar-refractivity contribution in [2.24, 2.45) is 0 Å². The Morgan fingerprint density at radius 1 is 1.13 bits per heavy atom. The first-order valence-electron chi connectivity index (χ1n) is 3.88. The second-order valence-electron chi connectivity index (χ2n) is 2.92. The van der Waals surface area contributed by atoms with Crippen LogP contribution in [0.3, 0.4) is 0 Å².